The van der Waals surface area contributed by atoms with E-state index >= 15 is 0 Å². The molecule has 88 valence electrons. The van der Waals surface area contributed by atoms with E-state index in [0.717, 1.165) is 12.3 Å². The Kier molecular flexibility index (Phi) is 3.47. The predicted molar refractivity (Wildman–Crippen MR) is 64.5 cm³/mol. The third-order valence-electron chi connectivity index (χ3n) is 2.78. The summed E-state index contributed by atoms with van der Waals surface area (Å²) in [6.45, 7) is 1.96. The minimum Gasteiger partial charge on any atom is -0.378 e. The Labute approximate surface area is 102 Å². The van der Waals surface area contributed by atoms with Gasteiger partial charge in [-0.1, -0.05) is 28.8 Å². The van der Waals surface area contributed by atoms with Gasteiger partial charge in [0, 0.05) is 10.5 Å². The molecular formula is C12H14BrF2N. The molecule has 0 aliphatic heterocycles. The fraction of sp³-hybridized carbons (Fsp3) is 0.500. The van der Waals surface area contributed by atoms with Crippen molar-refractivity contribution in [3.05, 3.63) is 28.2 Å². The van der Waals surface area contributed by atoms with Crippen LogP contribution in [0.1, 0.15) is 26.2 Å². The average molecular weight is 290 g/mol. The van der Waals surface area contributed by atoms with Crippen LogP contribution in [0.15, 0.2) is 16.6 Å². The van der Waals surface area contributed by atoms with E-state index in [1.54, 1.807) is 0 Å². The Bertz CT molecular complexity index is 368. The van der Waals surface area contributed by atoms with Crippen LogP contribution in [-0.4, -0.2) is 6.04 Å². The molecule has 0 saturated heterocycles. The molecule has 1 aromatic rings. The van der Waals surface area contributed by atoms with Crippen LogP contribution < -0.4 is 5.32 Å². The lowest BCUT2D eigenvalue weighted by atomic mass is 10.1. The van der Waals surface area contributed by atoms with E-state index < -0.39 is 11.6 Å². The van der Waals surface area contributed by atoms with Crippen LogP contribution >= 0.6 is 15.9 Å². The van der Waals surface area contributed by atoms with Gasteiger partial charge >= 0.3 is 0 Å². The van der Waals surface area contributed by atoms with Crippen molar-refractivity contribution < 1.29 is 8.78 Å². The zero-order valence-corrected chi connectivity index (χ0v) is 10.7. The molecule has 1 saturated carbocycles. The average Bonchev–Trinajstić information content (AvgIpc) is 2.95. The van der Waals surface area contributed by atoms with Crippen LogP contribution in [0.4, 0.5) is 14.5 Å². The van der Waals surface area contributed by atoms with E-state index in [9.17, 15) is 8.78 Å². The lowest BCUT2D eigenvalue weighted by molar-refractivity contribution is 0.572. The van der Waals surface area contributed by atoms with Crippen molar-refractivity contribution >= 4 is 21.6 Å². The molecule has 0 aromatic heterocycles. The molecule has 16 heavy (non-hydrogen) atoms. The van der Waals surface area contributed by atoms with Crippen LogP contribution in [-0.2, 0) is 0 Å². The molecule has 0 radical (unpaired) electrons. The Hall–Kier alpha value is -0.640. The highest BCUT2D eigenvalue weighted by Gasteiger charge is 2.24. The second-order valence-corrected chi connectivity index (χ2v) is 5.38. The van der Waals surface area contributed by atoms with Gasteiger partial charge in [0.2, 0.25) is 0 Å². The van der Waals surface area contributed by atoms with Gasteiger partial charge < -0.3 is 5.32 Å². The molecule has 0 heterocycles. The second-order valence-electron chi connectivity index (χ2n) is 4.47. The van der Waals surface area contributed by atoms with E-state index in [1.165, 1.54) is 25.0 Å². The largest absolute Gasteiger partial charge is 0.378 e. The molecule has 2 rings (SSSR count). The monoisotopic (exact) mass is 289 g/mol. The highest BCUT2D eigenvalue weighted by atomic mass is 79.9. The summed E-state index contributed by atoms with van der Waals surface area (Å²) in [6.07, 6.45) is 3.48. The summed E-state index contributed by atoms with van der Waals surface area (Å²) in [4.78, 5) is 0. The van der Waals surface area contributed by atoms with Gasteiger partial charge in [0.25, 0.3) is 0 Å². The molecule has 0 spiro atoms. The minimum atomic E-state index is -0.547. The smallest absolute Gasteiger partial charge is 0.150 e. The van der Waals surface area contributed by atoms with E-state index in [4.69, 9.17) is 0 Å². The molecule has 0 amide bonds. The standard InChI is InChI=1S/C12H14BrF2N/c1-7(4-8-2-3-8)16-12-10(14)5-9(13)6-11(12)15/h5-8,16H,2-4H2,1H3. The van der Waals surface area contributed by atoms with Gasteiger partial charge in [-0.05, 0) is 31.4 Å². The van der Waals surface area contributed by atoms with Crippen LogP contribution in [0.2, 0.25) is 0 Å². The van der Waals surface area contributed by atoms with Crippen molar-refractivity contribution in [1.82, 2.24) is 0 Å². The Balaban J connectivity index is 2.07. The quantitative estimate of drug-likeness (QED) is 0.870. The van der Waals surface area contributed by atoms with E-state index in [-0.39, 0.29) is 11.7 Å². The summed E-state index contributed by atoms with van der Waals surface area (Å²) >= 11 is 3.06. The lowest BCUT2D eigenvalue weighted by Gasteiger charge is -2.16. The maximum absolute atomic E-state index is 13.5. The summed E-state index contributed by atoms with van der Waals surface area (Å²) in [5.74, 6) is -0.354. The molecule has 1 aliphatic carbocycles. The second kappa shape index (κ2) is 4.70. The first-order chi connectivity index (χ1) is 7.56. The van der Waals surface area contributed by atoms with Crippen LogP contribution in [0, 0.1) is 17.6 Å². The first kappa shape index (κ1) is 11.8. The van der Waals surface area contributed by atoms with Crippen molar-refractivity contribution in [2.24, 2.45) is 5.92 Å². The molecule has 4 heteroatoms. The molecule has 1 aromatic carbocycles. The van der Waals surface area contributed by atoms with E-state index in [1.807, 2.05) is 6.92 Å². The van der Waals surface area contributed by atoms with Crippen molar-refractivity contribution in [1.29, 1.82) is 0 Å². The van der Waals surface area contributed by atoms with Crippen molar-refractivity contribution in [3.63, 3.8) is 0 Å². The predicted octanol–water partition coefficient (Wildman–Crippen LogP) is 4.33. The maximum atomic E-state index is 13.5. The zero-order valence-electron chi connectivity index (χ0n) is 9.06. The third-order valence-corrected chi connectivity index (χ3v) is 3.24. The number of benzene rings is 1. The third kappa shape index (κ3) is 2.94. The molecule has 1 aliphatic rings. The highest BCUT2D eigenvalue weighted by Crippen LogP contribution is 2.34. The van der Waals surface area contributed by atoms with Crippen molar-refractivity contribution in [2.75, 3.05) is 5.32 Å². The van der Waals surface area contributed by atoms with Gasteiger partial charge in [0.15, 0.2) is 0 Å². The van der Waals surface area contributed by atoms with E-state index in [2.05, 4.69) is 21.2 Å². The van der Waals surface area contributed by atoms with Gasteiger partial charge in [-0.15, -0.1) is 0 Å². The SMILES string of the molecule is CC(CC1CC1)Nc1c(F)cc(Br)cc1F. The van der Waals surface area contributed by atoms with Crippen LogP contribution in [0.3, 0.4) is 0 Å². The topological polar surface area (TPSA) is 12.0 Å². The molecule has 1 N–H and O–H groups in total. The summed E-state index contributed by atoms with van der Waals surface area (Å²) in [7, 11) is 0. The zero-order chi connectivity index (χ0) is 11.7. The molecule has 1 nitrogen and oxygen atoms in total. The van der Waals surface area contributed by atoms with Crippen molar-refractivity contribution in [3.8, 4) is 0 Å². The number of anilines is 1. The van der Waals surface area contributed by atoms with Crippen LogP contribution in [0.25, 0.3) is 0 Å². The first-order valence-electron chi connectivity index (χ1n) is 5.47. The molecular weight excluding hydrogens is 276 g/mol. The number of hydrogen-bond donors (Lipinski definition) is 1. The molecule has 1 fully saturated rings. The van der Waals surface area contributed by atoms with Crippen molar-refractivity contribution in [2.45, 2.75) is 32.2 Å². The molecule has 0 bridgehead atoms. The summed E-state index contributed by atoms with van der Waals surface area (Å²) in [5, 5.41) is 2.91. The number of rotatable bonds is 4. The fourth-order valence-corrected chi connectivity index (χ4v) is 2.24. The summed E-state index contributed by atoms with van der Waals surface area (Å²) in [5.41, 5.74) is -0.0173. The molecule has 1 unspecified atom stereocenters. The van der Waals surface area contributed by atoms with Gasteiger partial charge in [-0.2, -0.15) is 0 Å². The van der Waals surface area contributed by atoms with Crippen LogP contribution in [0.5, 0.6) is 0 Å². The normalized spacial score (nSPS) is 17.2. The van der Waals surface area contributed by atoms with E-state index in [0.29, 0.717) is 4.47 Å². The number of halogens is 3. The Morgan fingerprint density at radius 3 is 2.44 bits per heavy atom. The Morgan fingerprint density at radius 1 is 1.38 bits per heavy atom. The maximum Gasteiger partial charge on any atom is 0.150 e. The van der Waals surface area contributed by atoms with Gasteiger partial charge in [-0.25, -0.2) is 8.78 Å². The summed E-state index contributed by atoms with van der Waals surface area (Å²) < 4.78 is 27.4. The Morgan fingerprint density at radius 2 is 1.94 bits per heavy atom. The summed E-state index contributed by atoms with van der Waals surface area (Å²) in [6, 6.07) is 2.66. The first-order valence-corrected chi connectivity index (χ1v) is 6.26. The van der Waals surface area contributed by atoms with Gasteiger partial charge in [0.1, 0.15) is 17.3 Å². The van der Waals surface area contributed by atoms with Gasteiger partial charge in [-0.3, -0.25) is 0 Å². The number of hydrogen-bond acceptors (Lipinski definition) is 1. The highest BCUT2D eigenvalue weighted by molar-refractivity contribution is 9.10. The minimum absolute atomic E-state index is 0.0173. The fourth-order valence-electron chi connectivity index (χ4n) is 1.84. The lowest BCUT2D eigenvalue weighted by Crippen LogP contribution is -2.17. The number of nitrogens with one attached hydrogen (secondary N) is 1. The van der Waals surface area contributed by atoms with Gasteiger partial charge in [0.05, 0.1) is 0 Å². The molecule has 1 atom stereocenters.